The SMILES string of the molecule is COC(=O)c1cn(Cc2ccc(OC)c(-c3cccc(Cl)c3)c2F)cn1.COc1ccc(Cn2cnc(C(=O)O)c2)c(F)c1-c1cccc(Cl)c1. The van der Waals surface area contributed by atoms with Crippen LogP contribution in [-0.2, 0) is 17.8 Å². The first-order valence-electron chi connectivity index (χ1n) is 15.1. The number of esters is 1. The summed E-state index contributed by atoms with van der Waals surface area (Å²) in [4.78, 5) is 30.1. The number of carboxylic acid groups (broad SMARTS) is 1. The fourth-order valence-corrected chi connectivity index (χ4v) is 5.60. The van der Waals surface area contributed by atoms with Crippen molar-refractivity contribution in [2.24, 2.45) is 0 Å². The molecule has 0 bridgehead atoms. The zero-order chi connectivity index (χ0) is 36.7. The first-order valence-corrected chi connectivity index (χ1v) is 15.9. The molecule has 262 valence electrons. The molecule has 4 aromatic carbocycles. The van der Waals surface area contributed by atoms with Gasteiger partial charge >= 0.3 is 11.9 Å². The molecule has 2 heterocycles. The van der Waals surface area contributed by atoms with Crippen molar-refractivity contribution in [2.45, 2.75) is 13.1 Å². The number of benzene rings is 4. The summed E-state index contributed by atoms with van der Waals surface area (Å²) in [6.45, 7) is 0.344. The molecule has 0 aliphatic rings. The van der Waals surface area contributed by atoms with E-state index >= 15 is 8.78 Å². The number of methoxy groups -OCH3 is 3. The smallest absolute Gasteiger partial charge is 0.358 e. The minimum Gasteiger partial charge on any atom is -0.496 e. The normalized spacial score (nSPS) is 10.6. The summed E-state index contributed by atoms with van der Waals surface area (Å²) in [5.41, 5.74) is 2.73. The van der Waals surface area contributed by atoms with Gasteiger partial charge in [-0.25, -0.2) is 28.3 Å². The van der Waals surface area contributed by atoms with Gasteiger partial charge in [0.25, 0.3) is 0 Å². The quantitative estimate of drug-likeness (QED) is 0.140. The van der Waals surface area contributed by atoms with Crippen molar-refractivity contribution < 1.29 is 37.7 Å². The van der Waals surface area contributed by atoms with Crippen LogP contribution in [0.4, 0.5) is 8.78 Å². The third-order valence-corrected chi connectivity index (χ3v) is 8.09. The highest BCUT2D eigenvalue weighted by Gasteiger charge is 2.19. The predicted molar refractivity (Wildman–Crippen MR) is 188 cm³/mol. The number of ether oxygens (including phenoxy) is 3. The van der Waals surface area contributed by atoms with E-state index in [1.54, 1.807) is 77.4 Å². The maximum Gasteiger partial charge on any atom is 0.358 e. The monoisotopic (exact) mass is 734 g/mol. The molecule has 0 saturated heterocycles. The minimum atomic E-state index is -1.13. The van der Waals surface area contributed by atoms with Crippen LogP contribution in [0.15, 0.2) is 97.8 Å². The van der Waals surface area contributed by atoms with Gasteiger partial charge in [-0.2, -0.15) is 0 Å². The average Bonchev–Trinajstić information content (AvgIpc) is 3.80. The molecule has 0 aliphatic heterocycles. The van der Waals surface area contributed by atoms with E-state index in [1.165, 1.54) is 50.9 Å². The van der Waals surface area contributed by atoms with Crippen molar-refractivity contribution in [3.05, 3.63) is 142 Å². The molecular weight excluding hydrogens is 705 g/mol. The number of hydrogen-bond acceptors (Lipinski definition) is 7. The van der Waals surface area contributed by atoms with Crippen molar-refractivity contribution in [1.82, 2.24) is 19.1 Å². The van der Waals surface area contributed by atoms with Gasteiger partial charge in [-0.3, -0.25) is 0 Å². The maximum absolute atomic E-state index is 15.2. The molecule has 6 aromatic rings. The van der Waals surface area contributed by atoms with Gasteiger partial charge in [-0.05, 0) is 47.5 Å². The second-order valence-corrected chi connectivity index (χ2v) is 11.8. The second-order valence-electron chi connectivity index (χ2n) is 10.9. The van der Waals surface area contributed by atoms with Gasteiger partial charge in [0.1, 0.15) is 23.1 Å². The Bertz CT molecular complexity index is 2200. The standard InChI is InChI=1S/C19H16ClFN2O3.C18H14ClFN2O3/c1-25-16-7-6-13(9-23-10-15(22-11-23)19(24)26-2)18(21)17(16)12-4-3-5-14(20)8-12;1-25-15-6-5-12(8-22-9-14(18(23)24)21-10-22)17(20)16(15)11-3-2-4-13(19)7-11/h3-8,10-11H,9H2,1-2H3;2-7,9-10H,8H2,1H3,(H,23,24). The summed E-state index contributed by atoms with van der Waals surface area (Å²) in [6.07, 6.45) is 5.67. The lowest BCUT2D eigenvalue weighted by atomic mass is 10.0. The minimum absolute atomic E-state index is 0.0935. The lowest BCUT2D eigenvalue weighted by Crippen LogP contribution is -2.04. The van der Waals surface area contributed by atoms with E-state index in [0.29, 0.717) is 54.9 Å². The third kappa shape index (κ3) is 8.54. The molecule has 10 nitrogen and oxygen atoms in total. The highest BCUT2D eigenvalue weighted by Crippen LogP contribution is 2.37. The molecule has 1 N–H and O–H groups in total. The predicted octanol–water partition coefficient (Wildman–Crippen LogP) is 8.28. The Morgan fingerprint density at radius 2 is 1.16 bits per heavy atom. The van der Waals surface area contributed by atoms with Gasteiger partial charge in [-0.15, -0.1) is 0 Å². The van der Waals surface area contributed by atoms with E-state index in [-0.39, 0.29) is 24.5 Å². The van der Waals surface area contributed by atoms with Gasteiger partial charge in [0, 0.05) is 33.6 Å². The van der Waals surface area contributed by atoms with Crippen molar-refractivity contribution >= 4 is 35.1 Å². The number of carbonyl (C=O) groups excluding carboxylic acids is 1. The van der Waals surface area contributed by atoms with Crippen molar-refractivity contribution in [3.8, 4) is 33.8 Å². The van der Waals surface area contributed by atoms with Crippen molar-refractivity contribution in [1.29, 1.82) is 0 Å². The molecule has 14 heteroatoms. The summed E-state index contributed by atoms with van der Waals surface area (Å²) in [6, 6.07) is 20.4. The summed E-state index contributed by atoms with van der Waals surface area (Å²) >= 11 is 12.1. The second kappa shape index (κ2) is 16.3. The van der Waals surface area contributed by atoms with Crippen LogP contribution < -0.4 is 9.47 Å². The number of carboxylic acids is 1. The number of halogens is 4. The zero-order valence-corrected chi connectivity index (χ0v) is 29.0. The van der Waals surface area contributed by atoms with E-state index < -0.39 is 23.6 Å². The van der Waals surface area contributed by atoms with Gasteiger partial charge in [0.2, 0.25) is 0 Å². The molecule has 0 unspecified atom stereocenters. The molecule has 6 rings (SSSR count). The van der Waals surface area contributed by atoms with Crippen LogP contribution in [0.3, 0.4) is 0 Å². The summed E-state index contributed by atoms with van der Waals surface area (Å²) < 4.78 is 48.7. The van der Waals surface area contributed by atoms with E-state index in [4.69, 9.17) is 37.8 Å². The Kier molecular flexibility index (Phi) is 11.7. The van der Waals surface area contributed by atoms with Crippen LogP contribution in [0.5, 0.6) is 11.5 Å². The maximum atomic E-state index is 15.2. The first-order chi connectivity index (χ1) is 24.5. The number of aromatic nitrogens is 4. The third-order valence-electron chi connectivity index (χ3n) is 7.62. The molecule has 0 spiro atoms. The van der Waals surface area contributed by atoms with Crippen LogP contribution in [0.2, 0.25) is 10.0 Å². The van der Waals surface area contributed by atoms with E-state index in [1.807, 2.05) is 0 Å². The number of imidazole rings is 2. The zero-order valence-electron chi connectivity index (χ0n) is 27.4. The Morgan fingerprint density at radius 1 is 0.706 bits per heavy atom. The molecule has 0 amide bonds. The molecule has 0 fully saturated rings. The number of nitrogens with zero attached hydrogens (tertiary/aromatic N) is 4. The summed E-state index contributed by atoms with van der Waals surface area (Å²) in [5, 5.41) is 9.92. The lowest BCUT2D eigenvalue weighted by Gasteiger charge is -2.14. The van der Waals surface area contributed by atoms with Crippen LogP contribution in [0, 0.1) is 11.6 Å². The summed E-state index contributed by atoms with van der Waals surface area (Å²) in [5.74, 6) is -1.74. The van der Waals surface area contributed by atoms with Crippen LogP contribution in [-0.4, -0.2) is 57.5 Å². The average molecular weight is 736 g/mol. The number of hydrogen-bond donors (Lipinski definition) is 1. The highest BCUT2D eigenvalue weighted by molar-refractivity contribution is 6.31. The fourth-order valence-electron chi connectivity index (χ4n) is 5.22. The highest BCUT2D eigenvalue weighted by atomic mass is 35.5. The van der Waals surface area contributed by atoms with Crippen molar-refractivity contribution in [3.63, 3.8) is 0 Å². The summed E-state index contributed by atoms with van der Waals surface area (Å²) in [7, 11) is 4.24. The van der Waals surface area contributed by atoms with Gasteiger partial charge in [-0.1, -0.05) is 59.6 Å². The molecular formula is C37H30Cl2F2N4O6. The van der Waals surface area contributed by atoms with Crippen molar-refractivity contribution in [2.75, 3.05) is 21.3 Å². The Hall–Kier alpha value is -5.72. The Balaban J connectivity index is 0.000000198. The van der Waals surface area contributed by atoms with E-state index in [0.717, 1.165) is 0 Å². The Morgan fingerprint density at radius 3 is 1.55 bits per heavy atom. The number of aromatic carboxylic acids is 1. The number of carbonyl (C=O) groups is 2. The largest absolute Gasteiger partial charge is 0.496 e. The molecule has 2 aromatic heterocycles. The first kappa shape index (κ1) is 36.6. The molecule has 0 saturated carbocycles. The Labute approximate surface area is 301 Å². The molecule has 0 radical (unpaired) electrons. The fraction of sp³-hybridized carbons (Fsp3) is 0.135. The topological polar surface area (TPSA) is 118 Å². The number of rotatable bonds is 10. The van der Waals surface area contributed by atoms with Gasteiger partial charge < -0.3 is 28.5 Å². The van der Waals surface area contributed by atoms with Crippen LogP contribution >= 0.6 is 23.2 Å². The van der Waals surface area contributed by atoms with E-state index in [2.05, 4.69) is 14.7 Å². The van der Waals surface area contributed by atoms with E-state index in [9.17, 15) is 9.59 Å². The van der Waals surface area contributed by atoms with Gasteiger partial charge in [0.05, 0.1) is 58.2 Å². The molecule has 0 atom stereocenters. The lowest BCUT2D eigenvalue weighted by molar-refractivity contribution is 0.0593. The molecule has 51 heavy (non-hydrogen) atoms. The molecule has 0 aliphatic carbocycles. The van der Waals surface area contributed by atoms with Crippen LogP contribution in [0.25, 0.3) is 22.3 Å². The van der Waals surface area contributed by atoms with Crippen LogP contribution in [0.1, 0.15) is 32.1 Å². The van der Waals surface area contributed by atoms with Gasteiger partial charge in [0.15, 0.2) is 11.4 Å².